The maximum Gasteiger partial charge on any atom is 0.161 e. The standard InChI is InChI=1S/C12H17NO3/c1-8(14)10(13)6-9-2-3-11-12(7-9)16-5-4-15-11/h2-3,7-8,10,14H,4-6,13H2,1H3. The first-order valence-electron chi connectivity index (χ1n) is 5.49. The minimum absolute atomic E-state index is 0.248. The lowest BCUT2D eigenvalue weighted by Crippen LogP contribution is -2.34. The van der Waals surface area contributed by atoms with Crippen LogP contribution in [0.15, 0.2) is 18.2 Å². The van der Waals surface area contributed by atoms with Crippen LogP contribution in [0.25, 0.3) is 0 Å². The van der Waals surface area contributed by atoms with Crippen LogP contribution < -0.4 is 15.2 Å². The fraction of sp³-hybridized carbons (Fsp3) is 0.500. The highest BCUT2D eigenvalue weighted by Crippen LogP contribution is 2.31. The van der Waals surface area contributed by atoms with Crippen molar-refractivity contribution in [1.82, 2.24) is 0 Å². The lowest BCUT2D eigenvalue weighted by molar-refractivity contribution is 0.162. The molecule has 2 atom stereocenters. The molecule has 1 aliphatic heterocycles. The number of nitrogens with two attached hydrogens (primary N) is 1. The van der Waals surface area contributed by atoms with E-state index in [-0.39, 0.29) is 6.04 Å². The fourth-order valence-electron chi connectivity index (χ4n) is 1.66. The highest BCUT2D eigenvalue weighted by molar-refractivity contribution is 5.44. The van der Waals surface area contributed by atoms with Gasteiger partial charge in [-0.15, -0.1) is 0 Å². The second kappa shape index (κ2) is 4.72. The predicted octanol–water partition coefficient (Wildman–Crippen LogP) is 0.708. The van der Waals surface area contributed by atoms with Gasteiger partial charge in [-0.1, -0.05) is 6.07 Å². The molecular formula is C12H17NO3. The summed E-state index contributed by atoms with van der Waals surface area (Å²) in [5, 5.41) is 9.34. The second-order valence-corrected chi connectivity index (χ2v) is 4.09. The molecule has 2 rings (SSSR count). The molecule has 1 heterocycles. The molecule has 1 aliphatic rings. The van der Waals surface area contributed by atoms with E-state index in [1.807, 2.05) is 18.2 Å². The van der Waals surface area contributed by atoms with E-state index in [0.717, 1.165) is 17.1 Å². The molecule has 3 N–H and O–H groups in total. The summed E-state index contributed by atoms with van der Waals surface area (Å²) in [6.07, 6.45) is 0.127. The summed E-state index contributed by atoms with van der Waals surface area (Å²) >= 11 is 0. The summed E-state index contributed by atoms with van der Waals surface area (Å²) in [6.45, 7) is 2.88. The Labute approximate surface area is 95.0 Å². The van der Waals surface area contributed by atoms with Gasteiger partial charge in [0.1, 0.15) is 13.2 Å². The van der Waals surface area contributed by atoms with Gasteiger partial charge < -0.3 is 20.3 Å². The molecule has 16 heavy (non-hydrogen) atoms. The van der Waals surface area contributed by atoms with E-state index in [4.69, 9.17) is 15.2 Å². The molecule has 4 heteroatoms. The third kappa shape index (κ3) is 2.46. The van der Waals surface area contributed by atoms with Crippen LogP contribution >= 0.6 is 0 Å². The molecule has 0 amide bonds. The van der Waals surface area contributed by atoms with Crippen LogP contribution in [-0.4, -0.2) is 30.5 Å². The van der Waals surface area contributed by atoms with Crippen LogP contribution in [0.2, 0.25) is 0 Å². The van der Waals surface area contributed by atoms with Gasteiger partial charge in [0, 0.05) is 6.04 Å². The molecule has 0 radical (unpaired) electrons. The lowest BCUT2D eigenvalue weighted by Gasteiger charge is -2.20. The van der Waals surface area contributed by atoms with Gasteiger partial charge in [-0.05, 0) is 31.0 Å². The Morgan fingerprint density at radius 2 is 2.00 bits per heavy atom. The monoisotopic (exact) mass is 223 g/mol. The maximum atomic E-state index is 9.34. The summed E-state index contributed by atoms with van der Waals surface area (Å²) in [4.78, 5) is 0. The number of aliphatic hydroxyl groups excluding tert-OH is 1. The zero-order chi connectivity index (χ0) is 11.5. The molecule has 0 spiro atoms. The summed E-state index contributed by atoms with van der Waals surface area (Å²) in [5.74, 6) is 1.54. The van der Waals surface area contributed by atoms with Gasteiger partial charge in [0.25, 0.3) is 0 Å². The van der Waals surface area contributed by atoms with Crippen molar-refractivity contribution in [3.8, 4) is 11.5 Å². The van der Waals surface area contributed by atoms with Crippen LogP contribution in [0.1, 0.15) is 12.5 Å². The Bertz CT molecular complexity index is 365. The van der Waals surface area contributed by atoms with Crippen LogP contribution in [-0.2, 0) is 6.42 Å². The minimum atomic E-state index is -0.506. The van der Waals surface area contributed by atoms with Crippen LogP contribution in [0.3, 0.4) is 0 Å². The molecule has 0 aromatic heterocycles. The highest BCUT2D eigenvalue weighted by atomic mass is 16.6. The summed E-state index contributed by atoms with van der Waals surface area (Å²) in [7, 11) is 0. The third-order valence-electron chi connectivity index (χ3n) is 2.70. The highest BCUT2D eigenvalue weighted by Gasteiger charge is 2.14. The van der Waals surface area contributed by atoms with Gasteiger partial charge in [0.2, 0.25) is 0 Å². The Hall–Kier alpha value is -1.26. The molecule has 1 aromatic rings. The van der Waals surface area contributed by atoms with Crippen molar-refractivity contribution >= 4 is 0 Å². The van der Waals surface area contributed by atoms with Crippen LogP contribution in [0.4, 0.5) is 0 Å². The van der Waals surface area contributed by atoms with E-state index >= 15 is 0 Å². The molecule has 0 saturated carbocycles. The van der Waals surface area contributed by atoms with Gasteiger partial charge in [-0.2, -0.15) is 0 Å². The van der Waals surface area contributed by atoms with E-state index in [2.05, 4.69) is 0 Å². The number of ether oxygens (including phenoxy) is 2. The van der Waals surface area contributed by atoms with E-state index in [1.165, 1.54) is 0 Å². The summed E-state index contributed by atoms with van der Waals surface area (Å²) in [6, 6.07) is 5.52. The van der Waals surface area contributed by atoms with E-state index in [1.54, 1.807) is 6.92 Å². The first-order chi connectivity index (χ1) is 7.66. The number of aliphatic hydroxyl groups is 1. The predicted molar refractivity (Wildman–Crippen MR) is 60.8 cm³/mol. The zero-order valence-electron chi connectivity index (χ0n) is 9.35. The topological polar surface area (TPSA) is 64.7 Å². The first-order valence-corrected chi connectivity index (χ1v) is 5.49. The summed E-state index contributed by atoms with van der Waals surface area (Å²) < 4.78 is 10.9. The molecule has 0 aliphatic carbocycles. The fourth-order valence-corrected chi connectivity index (χ4v) is 1.66. The van der Waals surface area contributed by atoms with Gasteiger partial charge >= 0.3 is 0 Å². The molecular weight excluding hydrogens is 206 g/mol. The lowest BCUT2D eigenvalue weighted by atomic mass is 10.0. The van der Waals surface area contributed by atoms with Gasteiger partial charge in [-0.25, -0.2) is 0 Å². The second-order valence-electron chi connectivity index (χ2n) is 4.09. The van der Waals surface area contributed by atoms with Crippen molar-refractivity contribution in [3.63, 3.8) is 0 Å². The average Bonchev–Trinajstić information content (AvgIpc) is 2.28. The van der Waals surface area contributed by atoms with Crippen LogP contribution in [0.5, 0.6) is 11.5 Å². The summed E-state index contributed by atoms with van der Waals surface area (Å²) in [5.41, 5.74) is 6.86. The third-order valence-corrected chi connectivity index (χ3v) is 2.70. The van der Waals surface area contributed by atoms with Gasteiger partial charge in [0.05, 0.1) is 6.10 Å². The number of benzene rings is 1. The number of hydrogen-bond acceptors (Lipinski definition) is 4. The SMILES string of the molecule is CC(O)C(N)Cc1ccc2c(c1)OCCO2. The molecule has 0 fully saturated rings. The smallest absolute Gasteiger partial charge is 0.161 e. The molecule has 0 saturated heterocycles. The molecule has 2 unspecified atom stereocenters. The van der Waals surface area contributed by atoms with Crippen molar-refractivity contribution in [2.75, 3.05) is 13.2 Å². The minimum Gasteiger partial charge on any atom is -0.486 e. The first kappa shape index (κ1) is 11.2. The number of fused-ring (bicyclic) bond motifs is 1. The van der Waals surface area contributed by atoms with Crippen molar-refractivity contribution in [2.24, 2.45) is 5.73 Å². The maximum absolute atomic E-state index is 9.34. The number of hydrogen-bond donors (Lipinski definition) is 2. The van der Waals surface area contributed by atoms with Gasteiger partial charge in [-0.3, -0.25) is 0 Å². The van der Waals surface area contributed by atoms with E-state index < -0.39 is 6.10 Å². The van der Waals surface area contributed by atoms with Crippen molar-refractivity contribution in [1.29, 1.82) is 0 Å². The Balaban J connectivity index is 2.11. The Morgan fingerprint density at radius 1 is 1.31 bits per heavy atom. The van der Waals surface area contributed by atoms with Crippen molar-refractivity contribution < 1.29 is 14.6 Å². The van der Waals surface area contributed by atoms with Crippen LogP contribution in [0, 0.1) is 0 Å². The number of rotatable bonds is 3. The zero-order valence-corrected chi connectivity index (χ0v) is 9.35. The quantitative estimate of drug-likeness (QED) is 0.792. The van der Waals surface area contributed by atoms with Gasteiger partial charge in [0.15, 0.2) is 11.5 Å². The normalized spacial score (nSPS) is 17.9. The molecule has 88 valence electrons. The Morgan fingerprint density at radius 3 is 2.69 bits per heavy atom. The Kier molecular flexibility index (Phi) is 3.31. The largest absolute Gasteiger partial charge is 0.486 e. The van der Waals surface area contributed by atoms with Crippen molar-refractivity contribution in [3.05, 3.63) is 23.8 Å². The molecule has 0 bridgehead atoms. The average molecular weight is 223 g/mol. The molecule has 1 aromatic carbocycles. The van der Waals surface area contributed by atoms with E-state index in [0.29, 0.717) is 19.6 Å². The van der Waals surface area contributed by atoms with Crippen molar-refractivity contribution in [2.45, 2.75) is 25.5 Å². The van der Waals surface area contributed by atoms with E-state index in [9.17, 15) is 5.11 Å². The molecule has 4 nitrogen and oxygen atoms in total.